The molecule has 3 aromatic carbocycles. The van der Waals surface area contributed by atoms with Gasteiger partial charge in [-0.1, -0.05) is 53.5 Å². The van der Waals surface area contributed by atoms with E-state index in [1.165, 1.54) is 16.2 Å². The fourth-order valence-corrected chi connectivity index (χ4v) is 4.11. The van der Waals surface area contributed by atoms with Crippen molar-refractivity contribution in [3.05, 3.63) is 101 Å². The van der Waals surface area contributed by atoms with Gasteiger partial charge in [-0.05, 0) is 55.5 Å². The highest BCUT2D eigenvalue weighted by Crippen LogP contribution is 2.29. The van der Waals surface area contributed by atoms with Crippen LogP contribution in [0.15, 0.2) is 85.1 Å². The smallest absolute Gasteiger partial charge is 0.279 e. The number of ether oxygens (including phenoxy) is 2. The molecule has 0 bridgehead atoms. The van der Waals surface area contributed by atoms with E-state index < -0.39 is 6.04 Å². The molecule has 1 aromatic heterocycles. The number of hydrogen-bond donors (Lipinski definition) is 0. The summed E-state index contributed by atoms with van der Waals surface area (Å²) in [5, 5.41) is 0.439. The number of benzene rings is 3. The molecule has 1 atom stereocenters. The van der Waals surface area contributed by atoms with Crippen LogP contribution in [0, 0.1) is 11.8 Å². The minimum Gasteiger partial charge on any atom is -0.457 e. The molecule has 4 aromatic rings. The summed E-state index contributed by atoms with van der Waals surface area (Å²) in [6, 6.07) is 23.0. The number of rotatable bonds is 5. The van der Waals surface area contributed by atoms with E-state index in [4.69, 9.17) is 9.47 Å². The summed E-state index contributed by atoms with van der Waals surface area (Å²) in [5.41, 5.74) is 0.824. The summed E-state index contributed by atoms with van der Waals surface area (Å²) >= 11 is 1.28. The van der Waals surface area contributed by atoms with Crippen molar-refractivity contribution in [2.45, 2.75) is 13.0 Å². The molecule has 2 amide bonds. The Hall–Kier alpha value is -4.41. The fourth-order valence-electron chi connectivity index (χ4n) is 3.46. The predicted molar refractivity (Wildman–Crippen MR) is 128 cm³/mol. The first-order chi connectivity index (χ1) is 16.6. The Kier molecular flexibility index (Phi) is 5.81. The predicted octanol–water partition coefficient (Wildman–Crippen LogP) is 5.76. The van der Waals surface area contributed by atoms with Crippen molar-refractivity contribution < 1.29 is 19.1 Å². The second-order valence-electron chi connectivity index (χ2n) is 7.45. The second-order valence-corrected chi connectivity index (χ2v) is 8.44. The van der Waals surface area contributed by atoms with Gasteiger partial charge in [0.2, 0.25) is 0 Å². The maximum absolute atomic E-state index is 12.6. The maximum atomic E-state index is 12.6. The number of carbonyl (C=O) groups is 2. The highest BCUT2D eigenvalue weighted by atomic mass is 32.1. The van der Waals surface area contributed by atoms with Crippen LogP contribution in [0.4, 0.5) is 0 Å². The van der Waals surface area contributed by atoms with Gasteiger partial charge < -0.3 is 9.47 Å². The van der Waals surface area contributed by atoms with Crippen molar-refractivity contribution in [2.24, 2.45) is 0 Å². The molecule has 5 rings (SSSR count). The van der Waals surface area contributed by atoms with E-state index in [2.05, 4.69) is 16.8 Å². The van der Waals surface area contributed by atoms with E-state index in [1.807, 2.05) is 42.5 Å². The number of aromatic nitrogens is 1. The third kappa shape index (κ3) is 4.40. The molecule has 166 valence electrons. The van der Waals surface area contributed by atoms with Crippen LogP contribution in [0.5, 0.6) is 22.4 Å². The monoisotopic (exact) mass is 466 g/mol. The van der Waals surface area contributed by atoms with Crippen LogP contribution in [0.25, 0.3) is 0 Å². The van der Waals surface area contributed by atoms with Gasteiger partial charge in [-0.25, -0.2) is 4.98 Å². The molecular weight excluding hydrogens is 448 g/mol. The molecule has 1 aliphatic rings. The quantitative estimate of drug-likeness (QED) is 0.276. The number of carbonyl (C=O) groups excluding carboxylic acids is 2. The normalized spacial score (nSPS) is 13.1. The Morgan fingerprint density at radius 3 is 2.00 bits per heavy atom. The number of nitrogens with zero attached hydrogens (tertiary/aromatic N) is 2. The maximum Gasteiger partial charge on any atom is 0.279 e. The summed E-state index contributed by atoms with van der Waals surface area (Å²) < 4.78 is 11.6. The Morgan fingerprint density at radius 2 is 1.35 bits per heavy atom. The SMILES string of the molecule is CC(C#Cc1cnc(Oc2ccc(Oc3ccccc3)cc2)s1)N1C(=O)c2ccccc2C1=O. The van der Waals surface area contributed by atoms with Crippen LogP contribution in [0.2, 0.25) is 0 Å². The Morgan fingerprint density at radius 1 is 0.794 bits per heavy atom. The van der Waals surface area contributed by atoms with Crippen LogP contribution >= 0.6 is 11.3 Å². The van der Waals surface area contributed by atoms with Gasteiger partial charge in [0.05, 0.1) is 23.4 Å². The zero-order valence-corrected chi connectivity index (χ0v) is 18.9. The molecule has 2 heterocycles. The molecule has 6 nitrogen and oxygen atoms in total. The van der Waals surface area contributed by atoms with Crippen molar-refractivity contribution >= 4 is 23.2 Å². The lowest BCUT2D eigenvalue weighted by Crippen LogP contribution is -2.37. The lowest BCUT2D eigenvalue weighted by Gasteiger charge is -2.17. The summed E-state index contributed by atoms with van der Waals surface area (Å²) in [7, 11) is 0. The molecule has 1 aliphatic heterocycles. The number of amides is 2. The first-order valence-corrected chi connectivity index (χ1v) is 11.4. The first-order valence-electron chi connectivity index (χ1n) is 10.5. The van der Waals surface area contributed by atoms with Crippen molar-refractivity contribution in [1.29, 1.82) is 0 Å². The van der Waals surface area contributed by atoms with Gasteiger partial charge in [0.1, 0.15) is 22.1 Å². The van der Waals surface area contributed by atoms with Crippen molar-refractivity contribution in [1.82, 2.24) is 9.88 Å². The number of imide groups is 1. The van der Waals surface area contributed by atoms with Gasteiger partial charge in [0.25, 0.3) is 17.0 Å². The highest BCUT2D eigenvalue weighted by Gasteiger charge is 2.37. The van der Waals surface area contributed by atoms with Crippen LogP contribution in [0.3, 0.4) is 0 Å². The van der Waals surface area contributed by atoms with Gasteiger partial charge in [-0.3, -0.25) is 14.5 Å². The van der Waals surface area contributed by atoms with E-state index >= 15 is 0 Å². The number of hydrogen-bond acceptors (Lipinski definition) is 6. The van der Waals surface area contributed by atoms with Gasteiger partial charge in [-0.15, -0.1) is 0 Å². The molecule has 0 spiro atoms. The van der Waals surface area contributed by atoms with E-state index in [0.29, 0.717) is 32.7 Å². The van der Waals surface area contributed by atoms with Crippen LogP contribution < -0.4 is 9.47 Å². The van der Waals surface area contributed by atoms with E-state index in [9.17, 15) is 9.59 Å². The molecule has 34 heavy (non-hydrogen) atoms. The Bertz CT molecular complexity index is 1380. The van der Waals surface area contributed by atoms with Crippen molar-refractivity contribution in [3.8, 4) is 34.3 Å². The molecule has 1 unspecified atom stereocenters. The van der Waals surface area contributed by atoms with E-state index in [-0.39, 0.29) is 11.8 Å². The number of para-hydroxylation sites is 1. The second kappa shape index (κ2) is 9.22. The third-order valence-corrected chi connectivity index (χ3v) is 5.90. The number of thiazole rings is 1. The molecule has 0 fully saturated rings. The molecule has 0 saturated heterocycles. The summed E-state index contributed by atoms with van der Waals surface area (Å²) in [6.45, 7) is 1.73. The third-order valence-electron chi connectivity index (χ3n) is 5.11. The largest absolute Gasteiger partial charge is 0.457 e. The average Bonchev–Trinajstić information content (AvgIpc) is 3.41. The minimum absolute atomic E-state index is 0.324. The molecule has 7 heteroatoms. The summed E-state index contributed by atoms with van der Waals surface area (Å²) in [5.74, 6) is 7.40. The van der Waals surface area contributed by atoms with Gasteiger partial charge in [-0.2, -0.15) is 0 Å². The van der Waals surface area contributed by atoms with E-state index in [1.54, 1.807) is 49.5 Å². The fraction of sp³-hybridized carbons (Fsp3) is 0.0741. The zero-order valence-electron chi connectivity index (χ0n) is 18.1. The van der Waals surface area contributed by atoms with Gasteiger partial charge in [0, 0.05) is 0 Å². The van der Waals surface area contributed by atoms with Crippen molar-refractivity contribution in [2.75, 3.05) is 0 Å². The minimum atomic E-state index is -0.573. The molecule has 0 saturated carbocycles. The summed E-state index contributed by atoms with van der Waals surface area (Å²) in [6.07, 6.45) is 1.61. The van der Waals surface area contributed by atoms with Gasteiger partial charge >= 0.3 is 0 Å². The van der Waals surface area contributed by atoms with Crippen LogP contribution in [-0.4, -0.2) is 27.7 Å². The van der Waals surface area contributed by atoms with Crippen LogP contribution in [-0.2, 0) is 0 Å². The summed E-state index contributed by atoms with van der Waals surface area (Å²) in [4.78, 5) is 31.3. The van der Waals surface area contributed by atoms with Crippen molar-refractivity contribution in [3.63, 3.8) is 0 Å². The Balaban J connectivity index is 1.22. The lowest BCUT2D eigenvalue weighted by atomic mass is 10.1. The Labute approximate surface area is 200 Å². The molecule has 0 aliphatic carbocycles. The topological polar surface area (TPSA) is 68.7 Å². The number of fused-ring (bicyclic) bond motifs is 1. The molecule has 0 N–H and O–H groups in total. The first kappa shape index (κ1) is 21.4. The molecular formula is C27H18N2O4S. The van der Waals surface area contributed by atoms with E-state index in [0.717, 1.165) is 5.75 Å². The van der Waals surface area contributed by atoms with Crippen LogP contribution in [0.1, 0.15) is 32.5 Å². The average molecular weight is 467 g/mol. The zero-order chi connectivity index (χ0) is 23.5. The highest BCUT2D eigenvalue weighted by molar-refractivity contribution is 7.13. The lowest BCUT2D eigenvalue weighted by molar-refractivity contribution is 0.0630. The molecule has 0 radical (unpaired) electrons. The van der Waals surface area contributed by atoms with Gasteiger partial charge in [0.15, 0.2) is 0 Å². The standard InChI is InChI=1S/C27H18N2O4S/c1-18(29-25(30)23-9-5-6-10-24(23)26(29)31)11-16-22-17-28-27(34-22)33-21-14-12-20(13-15-21)32-19-7-3-2-4-8-19/h2-10,12-15,17-18H,1H3.